The molecule has 0 radical (unpaired) electrons. The van der Waals surface area contributed by atoms with Gasteiger partial charge in [-0.2, -0.15) is 0 Å². The van der Waals surface area contributed by atoms with Crippen molar-refractivity contribution >= 4 is 0 Å². The van der Waals surface area contributed by atoms with E-state index in [0.717, 1.165) is 19.3 Å². The van der Waals surface area contributed by atoms with Crippen LogP contribution in [0.15, 0.2) is 5.11 Å². The average molecular weight is 328 g/mol. The van der Waals surface area contributed by atoms with Crippen LogP contribution in [0.4, 0.5) is 0 Å². The van der Waals surface area contributed by atoms with Gasteiger partial charge in [-0.05, 0) is 18.4 Å². The van der Waals surface area contributed by atoms with Crippen LogP contribution in [0.5, 0.6) is 0 Å². The summed E-state index contributed by atoms with van der Waals surface area (Å²) >= 11 is 0. The van der Waals surface area contributed by atoms with Gasteiger partial charge in [0.1, 0.15) is 0 Å². The Hall–Kier alpha value is -0.770. The summed E-state index contributed by atoms with van der Waals surface area (Å²) in [5, 5.41) is 23.1. The highest BCUT2D eigenvalue weighted by Crippen LogP contribution is 2.15. The van der Waals surface area contributed by atoms with Gasteiger partial charge in [-0.25, -0.2) is 0 Å². The summed E-state index contributed by atoms with van der Waals surface area (Å²) in [6.07, 6.45) is 14.0. The molecule has 5 heteroatoms. The maximum atomic E-state index is 9.89. The van der Waals surface area contributed by atoms with E-state index in [0.29, 0.717) is 0 Å². The molecule has 0 unspecified atom stereocenters. The number of hydrogen-bond donors (Lipinski definition) is 2. The van der Waals surface area contributed by atoms with E-state index >= 15 is 0 Å². The van der Waals surface area contributed by atoms with E-state index < -0.39 is 18.2 Å². The van der Waals surface area contributed by atoms with Crippen LogP contribution >= 0.6 is 0 Å². The van der Waals surface area contributed by atoms with Gasteiger partial charge in [-0.15, -0.1) is 0 Å². The van der Waals surface area contributed by atoms with E-state index in [9.17, 15) is 10.2 Å². The van der Waals surface area contributed by atoms with Crippen molar-refractivity contribution in [3.05, 3.63) is 10.4 Å². The lowest BCUT2D eigenvalue weighted by molar-refractivity contribution is 0.0630. The van der Waals surface area contributed by atoms with Crippen molar-refractivity contribution in [1.82, 2.24) is 0 Å². The average Bonchev–Trinajstić information content (AvgIpc) is 2.52. The van der Waals surface area contributed by atoms with Gasteiger partial charge in [0.15, 0.2) is 0 Å². The Kier molecular flexibility index (Phi) is 15.6. The number of aliphatic hydroxyl groups excluding tert-OH is 2. The Balaban J connectivity index is 3.38. The SMILES string of the molecule is CCCCCCCCCCCCC[C@@H](O)C[C@@H](O)[C@H](C)N=[N+]=[N-]. The van der Waals surface area contributed by atoms with Gasteiger partial charge < -0.3 is 10.2 Å². The molecule has 0 bridgehead atoms. The quantitative estimate of drug-likeness (QED) is 0.170. The van der Waals surface area contributed by atoms with Crippen molar-refractivity contribution in [2.45, 2.75) is 116 Å². The number of rotatable bonds is 16. The number of hydrogen-bond acceptors (Lipinski definition) is 3. The molecule has 2 N–H and O–H groups in total. The molecule has 0 aromatic heterocycles. The minimum atomic E-state index is -0.756. The van der Waals surface area contributed by atoms with E-state index in [1.807, 2.05) is 0 Å². The number of nitrogens with zero attached hydrogens (tertiary/aromatic N) is 3. The summed E-state index contributed by atoms with van der Waals surface area (Å²) in [6, 6.07) is -0.480. The summed E-state index contributed by atoms with van der Waals surface area (Å²) in [4.78, 5) is 2.68. The molecule has 0 amide bonds. The molecular weight excluding hydrogens is 290 g/mol. The predicted octanol–water partition coefficient (Wildman–Crippen LogP) is 5.50. The second-order valence-corrected chi connectivity index (χ2v) is 6.73. The zero-order valence-corrected chi connectivity index (χ0v) is 15.2. The van der Waals surface area contributed by atoms with Crippen molar-refractivity contribution in [3.63, 3.8) is 0 Å². The molecular formula is C18H37N3O2. The van der Waals surface area contributed by atoms with Crippen molar-refractivity contribution in [2.24, 2.45) is 5.11 Å². The van der Waals surface area contributed by atoms with Gasteiger partial charge in [0.05, 0.1) is 18.2 Å². The summed E-state index contributed by atoms with van der Waals surface area (Å²) < 4.78 is 0. The molecule has 0 saturated heterocycles. The Morgan fingerprint density at radius 3 is 1.83 bits per heavy atom. The third-order valence-corrected chi connectivity index (χ3v) is 4.45. The van der Waals surface area contributed by atoms with E-state index in [2.05, 4.69) is 16.9 Å². The molecule has 0 aliphatic rings. The van der Waals surface area contributed by atoms with Crippen LogP contribution in [0.1, 0.15) is 97.3 Å². The molecule has 0 aromatic rings. The summed E-state index contributed by atoms with van der Waals surface area (Å²) in [5.41, 5.74) is 8.32. The topological polar surface area (TPSA) is 89.2 Å². The number of azide groups is 1. The maximum Gasteiger partial charge on any atom is 0.0646 e. The van der Waals surface area contributed by atoms with Crippen LogP contribution in [0, 0.1) is 0 Å². The highest BCUT2D eigenvalue weighted by atomic mass is 16.3. The molecule has 0 rings (SSSR count). The standard InChI is InChI=1S/C18H37N3O2/c1-3-4-5-6-7-8-9-10-11-12-13-14-17(22)15-18(23)16(2)20-21-19/h16-18,22-23H,3-15H2,1-2H3/t16-,17+,18+/m0/s1. The van der Waals surface area contributed by atoms with Gasteiger partial charge >= 0.3 is 0 Å². The lowest BCUT2D eigenvalue weighted by atomic mass is 10.0. The van der Waals surface area contributed by atoms with E-state index in [1.165, 1.54) is 57.8 Å². The van der Waals surface area contributed by atoms with Gasteiger partial charge in [0.25, 0.3) is 0 Å². The van der Waals surface area contributed by atoms with E-state index in [1.54, 1.807) is 6.92 Å². The second-order valence-electron chi connectivity index (χ2n) is 6.73. The zero-order valence-electron chi connectivity index (χ0n) is 15.2. The molecule has 0 aliphatic heterocycles. The van der Waals surface area contributed by atoms with Gasteiger partial charge in [0, 0.05) is 4.91 Å². The first-order chi connectivity index (χ1) is 11.1. The summed E-state index contributed by atoms with van der Waals surface area (Å²) in [6.45, 7) is 3.91. The Morgan fingerprint density at radius 1 is 0.870 bits per heavy atom. The summed E-state index contributed by atoms with van der Waals surface area (Å²) in [5.74, 6) is 0. The molecule has 5 nitrogen and oxygen atoms in total. The normalized spacial score (nSPS) is 15.0. The van der Waals surface area contributed by atoms with Crippen molar-refractivity contribution in [3.8, 4) is 0 Å². The third-order valence-electron chi connectivity index (χ3n) is 4.45. The minimum Gasteiger partial charge on any atom is -0.393 e. The lowest BCUT2D eigenvalue weighted by Gasteiger charge is -2.18. The van der Waals surface area contributed by atoms with Crippen LogP contribution < -0.4 is 0 Å². The molecule has 0 fully saturated rings. The van der Waals surface area contributed by atoms with E-state index in [-0.39, 0.29) is 6.42 Å². The predicted molar refractivity (Wildman–Crippen MR) is 96.3 cm³/mol. The fourth-order valence-corrected chi connectivity index (χ4v) is 2.80. The smallest absolute Gasteiger partial charge is 0.0646 e. The number of aliphatic hydroxyl groups is 2. The van der Waals surface area contributed by atoms with Gasteiger partial charge in [-0.3, -0.25) is 0 Å². The first-order valence-corrected chi connectivity index (χ1v) is 9.52. The zero-order chi connectivity index (χ0) is 17.3. The molecule has 0 spiro atoms. The monoisotopic (exact) mass is 327 g/mol. The first-order valence-electron chi connectivity index (χ1n) is 9.52. The number of unbranched alkanes of at least 4 members (excludes halogenated alkanes) is 10. The largest absolute Gasteiger partial charge is 0.393 e. The first kappa shape index (κ1) is 22.2. The van der Waals surface area contributed by atoms with Crippen molar-refractivity contribution in [2.75, 3.05) is 0 Å². The Bertz CT molecular complexity index is 307. The summed E-state index contributed by atoms with van der Waals surface area (Å²) in [7, 11) is 0. The molecule has 136 valence electrons. The molecule has 3 atom stereocenters. The van der Waals surface area contributed by atoms with Crippen LogP contribution in [0.25, 0.3) is 10.4 Å². The highest BCUT2D eigenvalue weighted by Gasteiger charge is 2.16. The third kappa shape index (κ3) is 14.5. The maximum absolute atomic E-state index is 9.89. The van der Waals surface area contributed by atoms with Crippen LogP contribution in [0.2, 0.25) is 0 Å². The Morgan fingerprint density at radius 2 is 1.35 bits per heavy atom. The fraction of sp³-hybridized carbons (Fsp3) is 1.00. The van der Waals surface area contributed by atoms with Crippen molar-refractivity contribution < 1.29 is 10.2 Å². The second kappa shape index (κ2) is 16.1. The Labute approximate surface area is 142 Å². The molecule has 0 aromatic carbocycles. The molecule has 0 heterocycles. The highest BCUT2D eigenvalue weighted by molar-refractivity contribution is 4.74. The van der Waals surface area contributed by atoms with Gasteiger partial charge in [0.2, 0.25) is 0 Å². The fourth-order valence-electron chi connectivity index (χ4n) is 2.80. The van der Waals surface area contributed by atoms with E-state index in [4.69, 9.17) is 5.53 Å². The molecule has 23 heavy (non-hydrogen) atoms. The van der Waals surface area contributed by atoms with Crippen LogP contribution in [-0.2, 0) is 0 Å². The van der Waals surface area contributed by atoms with Crippen LogP contribution in [0.3, 0.4) is 0 Å². The minimum absolute atomic E-state index is 0.290. The molecule has 0 saturated carbocycles. The molecule has 0 aliphatic carbocycles. The van der Waals surface area contributed by atoms with Crippen LogP contribution in [-0.4, -0.2) is 28.5 Å². The van der Waals surface area contributed by atoms with Crippen molar-refractivity contribution in [1.29, 1.82) is 0 Å². The van der Waals surface area contributed by atoms with Gasteiger partial charge in [-0.1, -0.05) is 89.6 Å². The lowest BCUT2D eigenvalue weighted by Crippen LogP contribution is -2.26.